The molecular weight excluding hydrogens is 604 g/mol. The third-order valence-corrected chi connectivity index (χ3v) is 24.2. The van der Waals surface area contributed by atoms with Gasteiger partial charge in [0.25, 0.3) is 0 Å². The van der Waals surface area contributed by atoms with Crippen molar-refractivity contribution in [3.8, 4) is 0 Å². The van der Waals surface area contributed by atoms with E-state index in [0.29, 0.717) is 0 Å². The normalized spacial score (nSPS) is 13.7. The molecule has 0 aliphatic carbocycles. The third-order valence-electron chi connectivity index (χ3n) is 6.73. The van der Waals surface area contributed by atoms with E-state index < -0.39 is 40.4 Å². The van der Waals surface area contributed by atoms with Gasteiger partial charge in [0, 0.05) is 0 Å². The van der Waals surface area contributed by atoms with Crippen LogP contribution in [0.5, 0.6) is 0 Å². The van der Waals surface area contributed by atoms with Crippen LogP contribution in [0.15, 0.2) is 72.8 Å². The van der Waals surface area contributed by atoms with Crippen molar-refractivity contribution >= 4 is 61.5 Å². The molecule has 1 heterocycles. The van der Waals surface area contributed by atoms with Gasteiger partial charge in [-0.15, -0.1) is 0 Å². The average Bonchev–Trinajstić information content (AvgIpc) is 2.76. The molecule has 4 aromatic rings. The van der Waals surface area contributed by atoms with E-state index in [-0.39, 0.29) is 0 Å². The summed E-state index contributed by atoms with van der Waals surface area (Å²) in [6, 6.07) is 29.3. The Bertz CT molecular complexity index is 1150. The second kappa shape index (κ2) is 8.70. The summed E-state index contributed by atoms with van der Waals surface area (Å²) in [5.41, 5.74) is 8.48. The first kappa shape index (κ1) is 22.3. The fourth-order valence-electron chi connectivity index (χ4n) is 4.49. The molecular formula is C30H30Sb2. The molecule has 0 aromatic heterocycles. The maximum absolute atomic E-state index is 2.58. The molecule has 2 heteroatoms. The van der Waals surface area contributed by atoms with Gasteiger partial charge < -0.3 is 0 Å². The van der Waals surface area contributed by atoms with Crippen molar-refractivity contribution in [1.82, 2.24) is 0 Å². The Morgan fingerprint density at radius 2 is 0.625 bits per heavy atom. The molecule has 0 saturated heterocycles. The van der Waals surface area contributed by atoms with Gasteiger partial charge in [0.05, 0.1) is 0 Å². The minimum atomic E-state index is -2.11. The predicted octanol–water partition coefficient (Wildman–Crippen LogP) is 2.88. The molecule has 0 unspecified atom stereocenters. The average molecular weight is 634 g/mol. The SMILES string of the molecule is Cc1cc[c]([Sb]2[c]3cc(C)c(C)c[c]3[Sb]([c]3ccc(C)cc3)[c]3cc(C)c(C)c[c]32)cc1. The van der Waals surface area contributed by atoms with Gasteiger partial charge in [-0.1, -0.05) is 0 Å². The topological polar surface area (TPSA) is 0 Å². The van der Waals surface area contributed by atoms with Crippen LogP contribution in [-0.4, -0.2) is 40.4 Å². The number of hydrogen-bond acceptors (Lipinski definition) is 0. The molecule has 0 nitrogen and oxygen atoms in total. The van der Waals surface area contributed by atoms with E-state index in [1.54, 1.807) is 21.1 Å². The van der Waals surface area contributed by atoms with Crippen LogP contribution < -0.4 is 21.1 Å². The Morgan fingerprint density at radius 1 is 0.375 bits per heavy atom. The van der Waals surface area contributed by atoms with Gasteiger partial charge in [0.1, 0.15) is 0 Å². The second-order valence-corrected chi connectivity index (χ2v) is 21.5. The quantitative estimate of drug-likeness (QED) is 0.263. The molecule has 0 saturated carbocycles. The van der Waals surface area contributed by atoms with Gasteiger partial charge >= 0.3 is 209 Å². The number of fused-ring (bicyclic) bond motifs is 2. The van der Waals surface area contributed by atoms with Gasteiger partial charge in [-0.05, 0) is 0 Å². The number of rotatable bonds is 2. The maximum atomic E-state index is 2.58. The molecule has 32 heavy (non-hydrogen) atoms. The number of aryl methyl sites for hydroxylation is 6. The third kappa shape index (κ3) is 3.89. The molecule has 0 amide bonds. The first-order valence-electron chi connectivity index (χ1n) is 11.3. The van der Waals surface area contributed by atoms with Crippen LogP contribution in [0.2, 0.25) is 0 Å². The van der Waals surface area contributed by atoms with E-state index in [1.807, 2.05) is 0 Å². The summed E-state index contributed by atoms with van der Waals surface area (Å²) < 4.78 is 10.1. The second-order valence-electron chi connectivity index (χ2n) is 9.19. The van der Waals surface area contributed by atoms with E-state index in [9.17, 15) is 0 Å². The Morgan fingerprint density at radius 3 is 0.875 bits per heavy atom. The zero-order valence-corrected chi connectivity index (χ0v) is 24.9. The van der Waals surface area contributed by atoms with Gasteiger partial charge in [-0.2, -0.15) is 0 Å². The fourth-order valence-corrected chi connectivity index (χ4v) is 26.4. The van der Waals surface area contributed by atoms with Crippen LogP contribution in [0.1, 0.15) is 33.4 Å². The molecule has 5 rings (SSSR count). The molecule has 160 valence electrons. The zero-order valence-electron chi connectivity index (χ0n) is 19.8. The summed E-state index contributed by atoms with van der Waals surface area (Å²) in [4.78, 5) is 0. The van der Waals surface area contributed by atoms with Gasteiger partial charge in [-0.3, -0.25) is 0 Å². The van der Waals surface area contributed by atoms with E-state index in [1.165, 1.54) is 33.4 Å². The Balaban J connectivity index is 1.85. The molecule has 1 aliphatic rings. The van der Waals surface area contributed by atoms with Crippen LogP contribution in [0, 0.1) is 41.5 Å². The Kier molecular flexibility index (Phi) is 6.07. The first-order valence-corrected chi connectivity index (χ1v) is 19.0. The van der Waals surface area contributed by atoms with Crippen molar-refractivity contribution in [2.24, 2.45) is 0 Å². The molecule has 0 radical (unpaired) electrons. The van der Waals surface area contributed by atoms with E-state index in [4.69, 9.17) is 0 Å². The number of benzene rings is 4. The first-order chi connectivity index (χ1) is 15.3. The molecule has 1 aliphatic heterocycles. The summed E-state index contributed by atoms with van der Waals surface area (Å²) in [5.74, 6) is 0. The van der Waals surface area contributed by atoms with Crippen molar-refractivity contribution < 1.29 is 0 Å². The molecule has 0 N–H and O–H groups in total. The number of hydrogen-bond donors (Lipinski definition) is 0. The van der Waals surface area contributed by atoms with Crippen LogP contribution in [0.25, 0.3) is 0 Å². The van der Waals surface area contributed by atoms with Crippen LogP contribution in [-0.2, 0) is 0 Å². The Labute approximate surface area is 207 Å². The van der Waals surface area contributed by atoms with E-state index in [0.717, 1.165) is 0 Å². The van der Waals surface area contributed by atoms with Gasteiger partial charge in [0.15, 0.2) is 0 Å². The summed E-state index contributed by atoms with van der Waals surface area (Å²) in [7, 11) is 0. The van der Waals surface area contributed by atoms with Crippen LogP contribution in [0.3, 0.4) is 0 Å². The molecule has 0 fully saturated rings. The standard InChI is InChI=1S/2C8H8.2C7H7.2Sb/c2*1-7-5-3-4-6-8(7)2;2*1-7-5-3-2-4-6-7;;/h2*5-6H,1-2H3;2*3-6H,1H3;;. The van der Waals surface area contributed by atoms with Crippen molar-refractivity contribution in [2.75, 3.05) is 0 Å². The van der Waals surface area contributed by atoms with Crippen LogP contribution >= 0.6 is 0 Å². The van der Waals surface area contributed by atoms with Crippen LogP contribution in [0.4, 0.5) is 0 Å². The van der Waals surface area contributed by atoms with E-state index >= 15 is 0 Å². The van der Waals surface area contributed by atoms with Crippen molar-refractivity contribution in [2.45, 2.75) is 41.5 Å². The summed E-state index contributed by atoms with van der Waals surface area (Å²) in [6.45, 7) is 13.6. The zero-order chi connectivity index (χ0) is 22.6. The fraction of sp³-hybridized carbons (Fsp3) is 0.200. The minimum absolute atomic E-state index is 1.35. The van der Waals surface area contributed by atoms with Crippen molar-refractivity contribution in [3.05, 3.63) is 106 Å². The molecule has 0 bridgehead atoms. The predicted molar refractivity (Wildman–Crippen MR) is 144 cm³/mol. The summed E-state index contributed by atoms with van der Waals surface area (Å²) in [6.07, 6.45) is 0. The summed E-state index contributed by atoms with van der Waals surface area (Å²) >= 11 is -4.22. The van der Waals surface area contributed by atoms with Crippen molar-refractivity contribution in [1.29, 1.82) is 0 Å². The van der Waals surface area contributed by atoms with Gasteiger partial charge in [-0.25, -0.2) is 0 Å². The Hall–Kier alpha value is -1.48. The summed E-state index contributed by atoms with van der Waals surface area (Å²) in [5, 5.41) is 0. The molecule has 0 spiro atoms. The monoisotopic (exact) mass is 632 g/mol. The van der Waals surface area contributed by atoms with E-state index in [2.05, 4.69) is 114 Å². The van der Waals surface area contributed by atoms with Crippen molar-refractivity contribution in [3.63, 3.8) is 0 Å². The van der Waals surface area contributed by atoms with Gasteiger partial charge in [0.2, 0.25) is 0 Å². The molecule has 0 atom stereocenters. The molecule has 4 aromatic carbocycles.